The molecule has 2 saturated heterocycles. The zero-order valence-electron chi connectivity index (χ0n) is 9.19. The highest BCUT2D eigenvalue weighted by molar-refractivity contribution is 5.59. The first-order valence-corrected chi connectivity index (χ1v) is 5.87. The van der Waals surface area contributed by atoms with Crippen molar-refractivity contribution in [3.63, 3.8) is 0 Å². The smallest absolute Gasteiger partial charge is 0.101 e. The Hall–Kier alpha value is -1.53. The van der Waals surface area contributed by atoms with Crippen molar-refractivity contribution >= 4 is 5.69 Å². The molecule has 0 amide bonds. The van der Waals surface area contributed by atoms with Crippen LogP contribution < -0.4 is 10.2 Å². The number of anilines is 1. The molecule has 2 fully saturated rings. The average molecular weight is 213 g/mol. The molecular weight excluding hydrogens is 198 g/mol. The van der Waals surface area contributed by atoms with Crippen LogP contribution in [0.5, 0.6) is 0 Å². The lowest BCUT2D eigenvalue weighted by atomic mass is 10.1. The molecule has 3 heteroatoms. The van der Waals surface area contributed by atoms with Gasteiger partial charge < -0.3 is 10.2 Å². The molecule has 0 aliphatic carbocycles. The van der Waals surface area contributed by atoms with Gasteiger partial charge in [-0.3, -0.25) is 0 Å². The molecule has 0 spiro atoms. The van der Waals surface area contributed by atoms with Crippen LogP contribution in [-0.2, 0) is 0 Å². The van der Waals surface area contributed by atoms with Gasteiger partial charge in [-0.05, 0) is 25.0 Å². The lowest BCUT2D eigenvalue weighted by molar-refractivity contribution is 0.465. The Morgan fingerprint density at radius 1 is 1.19 bits per heavy atom. The van der Waals surface area contributed by atoms with E-state index in [4.69, 9.17) is 5.26 Å². The van der Waals surface area contributed by atoms with E-state index in [-0.39, 0.29) is 0 Å². The fraction of sp³-hybridized carbons (Fsp3) is 0.462. The number of rotatable bonds is 1. The van der Waals surface area contributed by atoms with Crippen molar-refractivity contribution < 1.29 is 0 Å². The number of fused-ring (bicyclic) bond motifs is 2. The van der Waals surface area contributed by atoms with Gasteiger partial charge in [-0.15, -0.1) is 0 Å². The highest BCUT2D eigenvalue weighted by atomic mass is 15.2. The van der Waals surface area contributed by atoms with Crippen LogP contribution in [0.3, 0.4) is 0 Å². The largest absolute Gasteiger partial charge is 0.367 e. The van der Waals surface area contributed by atoms with Gasteiger partial charge in [-0.25, -0.2) is 0 Å². The summed E-state index contributed by atoms with van der Waals surface area (Å²) in [5.74, 6) is 0. The molecule has 0 saturated carbocycles. The van der Waals surface area contributed by atoms with Crippen molar-refractivity contribution in [2.45, 2.75) is 24.9 Å². The second-order valence-corrected chi connectivity index (χ2v) is 4.67. The summed E-state index contributed by atoms with van der Waals surface area (Å²) in [5.41, 5.74) is 1.90. The van der Waals surface area contributed by atoms with E-state index in [0.29, 0.717) is 12.1 Å². The van der Waals surface area contributed by atoms with Crippen molar-refractivity contribution in [1.29, 1.82) is 5.26 Å². The monoisotopic (exact) mass is 213 g/mol. The van der Waals surface area contributed by atoms with E-state index in [0.717, 1.165) is 24.3 Å². The van der Waals surface area contributed by atoms with Gasteiger partial charge >= 0.3 is 0 Å². The molecule has 2 bridgehead atoms. The summed E-state index contributed by atoms with van der Waals surface area (Å²) in [6, 6.07) is 11.4. The van der Waals surface area contributed by atoms with Crippen molar-refractivity contribution in [2.24, 2.45) is 0 Å². The van der Waals surface area contributed by atoms with E-state index in [2.05, 4.69) is 22.4 Å². The molecule has 0 aromatic heterocycles. The second kappa shape index (κ2) is 3.80. The maximum Gasteiger partial charge on any atom is 0.101 e. The first kappa shape index (κ1) is 9.68. The van der Waals surface area contributed by atoms with Gasteiger partial charge in [-0.2, -0.15) is 5.26 Å². The third-order valence-corrected chi connectivity index (χ3v) is 3.58. The number of benzene rings is 1. The minimum Gasteiger partial charge on any atom is -0.367 e. The molecule has 1 N–H and O–H groups in total. The predicted octanol–water partition coefficient (Wildman–Crippen LogP) is 1.50. The Kier molecular flexibility index (Phi) is 2.30. The molecule has 3 nitrogen and oxygen atoms in total. The van der Waals surface area contributed by atoms with Gasteiger partial charge in [0.25, 0.3) is 0 Å². The zero-order chi connectivity index (χ0) is 11.0. The molecule has 2 aliphatic heterocycles. The molecule has 1 aromatic rings. The van der Waals surface area contributed by atoms with Gasteiger partial charge in [0.15, 0.2) is 0 Å². The molecule has 2 aliphatic rings. The minimum atomic E-state index is 0.616. The first-order chi connectivity index (χ1) is 7.86. The molecule has 1 aromatic carbocycles. The molecule has 0 radical (unpaired) electrons. The fourth-order valence-electron chi connectivity index (χ4n) is 2.84. The van der Waals surface area contributed by atoms with Crippen LogP contribution in [0.2, 0.25) is 0 Å². The molecule has 2 heterocycles. The predicted molar refractivity (Wildman–Crippen MR) is 63.3 cm³/mol. The summed E-state index contributed by atoms with van der Waals surface area (Å²) >= 11 is 0. The molecule has 82 valence electrons. The fourth-order valence-corrected chi connectivity index (χ4v) is 2.84. The quantitative estimate of drug-likeness (QED) is 0.768. The van der Waals surface area contributed by atoms with Gasteiger partial charge in [0.05, 0.1) is 11.3 Å². The number of piperazine rings is 1. The lowest BCUT2D eigenvalue weighted by Gasteiger charge is -2.35. The van der Waals surface area contributed by atoms with Crippen LogP contribution in [0.1, 0.15) is 18.4 Å². The van der Waals surface area contributed by atoms with Crippen molar-refractivity contribution in [3.8, 4) is 6.07 Å². The number of hydrogen-bond acceptors (Lipinski definition) is 3. The Morgan fingerprint density at radius 2 is 1.88 bits per heavy atom. The molecule has 16 heavy (non-hydrogen) atoms. The van der Waals surface area contributed by atoms with Crippen LogP contribution in [0.15, 0.2) is 24.3 Å². The highest BCUT2D eigenvalue weighted by Gasteiger charge is 2.32. The van der Waals surface area contributed by atoms with E-state index < -0.39 is 0 Å². The number of nitriles is 1. The van der Waals surface area contributed by atoms with E-state index >= 15 is 0 Å². The Labute approximate surface area is 95.7 Å². The van der Waals surface area contributed by atoms with Crippen LogP contribution in [0.25, 0.3) is 0 Å². The number of hydrogen-bond donors (Lipinski definition) is 1. The van der Waals surface area contributed by atoms with Crippen molar-refractivity contribution in [3.05, 3.63) is 29.8 Å². The van der Waals surface area contributed by atoms with Crippen molar-refractivity contribution in [2.75, 3.05) is 18.0 Å². The summed E-state index contributed by atoms with van der Waals surface area (Å²) in [6.07, 6.45) is 2.55. The SMILES string of the molecule is N#Cc1ccccc1N1CC2CCC(C1)N2. The van der Waals surface area contributed by atoms with Crippen molar-refractivity contribution in [1.82, 2.24) is 5.32 Å². The minimum absolute atomic E-state index is 0.616. The average Bonchev–Trinajstić information content (AvgIpc) is 2.68. The van der Waals surface area contributed by atoms with Gasteiger partial charge in [0.2, 0.25) is 0 Å². The third kappa shape index (κ3) is 1.56. The van der Waals surface area contributed by atoms with E-state index in [9.17, 15) is 0 Å². The number of nitrogens with zero attached hydrogens (tertiary/aromatic N) is 2. The zero-order valence-corrected chi connectivity index (χ0v) is 9.19. The summed E-state index contributed by atoms with van der Waals surface area (Å²) in [6.45, 7) is 2.07. The number of para-hydroxylation sites is 1. The Bertz CT molecular complexity index is 423. The van der Waals surface area contributed by atoms with Gasteiger partial charge in [-0.1, -0.05) is 12.1 Å². The molecule has 2 unspecified atom stereocenters. The molecule has 2 atom stereocenters. The van der Waals surface area contributed by atoms with Crippen LogP contribution in [0.4, 0.5) is 5.69 Å². The third-order valence-electron chi connectivity index (χ3n) is 3.58. The van der Waals surface area contributed by atoms with Gasteiger partial charge in [0, 0.05) is 25.2 Å². The van der Waals surface area contributed by atoms with Crippen LogP contribution >= 0.6 is 0 Å². The summed E-state index contributed by atoms with van der Waals surface area (Å²) in [7, 11) is 0. The molecular formula is C13H15N3. The van der Waals surface area contributed by atoms with Crippen LogP contribution in [0, 0.1) is 11.3 Å². The summed E-state index contributed by atoms with van der Waals surface area (Å²) in [5, 5.41) is 12.7. The maximum absolute atomic E-state index is 9.10. The standard InChI is InChI=1S/C13H15N3/c14-7-10-3-1-2-4-13(10)16-8-11-5-6-12(9-16)15-11/h1-4,11-12,15H,5-6,8-9H2. The summed E-state index contributed by atoms with van der Waals surface area (Å²) < 4.78 is 0. The van der Waals surface area contributed by atoms with E-state index in [1.165, 1.54) is 12.8 Å². The second-order valence-electron chi connectivity index (χ2n) is 4.67. The number of nitrogens with one attached hydrogen (secondary N) is 1. The molecule has 3 rings (SSSR count). The van der Waals surface area contributed by atoms with E-state index in [1.54, 1.807) is 0 Å². The first-order valence-electron chi connectivity index (χ1n) is 5.87. The maximum atomic E-state index is 9.10. The highest BCUT2D eigenvalue weighted by Crippen LogP contribution is 2.27. The van der Waals surface area contributed by atoms with E-state index in [1.807, 2.05) is 18.2 Å². The Morgan fingerprint density at radius 3 is 2.56 bits per heavy atom. The lowest BCUT2D eigenvalue weighted by Crippen LogP contribution is -2.51. The topological polar surface area (TPSA) is 39.1 Å². The summed E-state index contributed by atoms with van der Waals surface area (Å²) in [4.78, 5) is 2.36. The van der Waals surface area contributed by atoms with Gasteiger partial charge in [0.1, 0.15) is 6.07 Å². The van der Waals surface area contributed by atoms with Crippen LogP contribution in [-0.4, -0.2) is 25.2 Å². The normalized spacial score (nSPS) is 27.8. The Balaban J connectivity index is 1.90.